The molecule has 0 saturated carbocycles. The highest BCUT2D eigenvalue weighted by atomic mass is 19.4. The molecule has 198 valence electrons. The number of ether oxygens (including phenoxy) is 2. The number of rotatable bonds is 11. The van der Waals surface area contributed by atoms with Crippen LogP contribution in [0.15, 0.2) is 73.6 Å². The molecule has 3 aromatic carbocycles. The maximum absolute atomic E-state index is 15.2. The van der Waals surface area contributed by atoms with Gasteiger partial charge >= 0.3 is 6.18 Å². The number of nitrogens with zero attached hydrogens (tertiary/aromatic N) is 2. The van der Waals surface area contributed by atoms with E-state index in [4.69, 9.17) is 4.74 Å². The van der Waals surface area contributed by atoms with Crippen LogP contribution in [0.2, 0.25) is 0 Å². The molecule has 4 nitrogen and oxygen atoms in total. The smallest absolute Gasteiger partial charge is 0.422 e. The molecule has 4 rings (SSSR count). The molecule has 0 N–H and O–H groups in total. The fourth-order valence-electron chi connectivity index (χ4n) is 3.95. The molecule has 0 unspecified atom stereocenters. The first kappa shape index (κ1) is 27.0. The summed E-state index contributed by atoms with van der Waals surface area (Å²) in [5, 5.41) is 1.24. The summed E-state index contributed by atoms with van der Waals surface area (Å²) in [7, 11) is 0. The number of halogens is 5. The molecule has 0 aliphatic heterocycles. The molecule has 0 bridgehead atoms. The number of fused-ring (bicyclic) bond motifs is 1. The SMILES string of the molecule is C=CCOc1cnc(CCc2ccc3c(F)c(CCc4ccc(OCC(F)(F)F)c(F)c4)ccc3c2)nc1. The first-order valence-electron chi connectivity index (χ1n) is 11.9. The van der Waals surface area contributed by atoms with Crippen molar-refractivity contribution < 1.29 is 31.4 Å². The first-order valence-corrected chi connectivity index (χ1v) is 11.9. The summed E-state index contributed by atoms with van der Waals surface area (Å²) in [6, 6.07) is 12.8. The largest absolute Gasteiger partial charge is 0.486 e. The highest BCUT2D eigenvalue weighted by Crippen LogP contribution is 2.26. The van der Waals surface area contributed by atoms with E-state index in [1.54, 1.807) is 30.6 Å². The lowest BCUT2D eigenvalue weighted by molar-refractivity contribution is -0.153. The molecule has 4 aromatic rings. The second-order valence-corrected chi connectivity index (χ2v) is 8.70. The zero-order valence-corrected chi connectivity index (χ0v) is 20.4. The monoisotopic (exact) mass is 528 g/mol. The Hall–Kier alpha value is -4.01. The zero-order valence-electron chi connectivity index (χ0n) is 20.4. The van der Waals surface area contributed by atoms with Crippen LogP contribution in [0.25, 0.3) is 10.8 Å². The fraction of sp³-hybridized carbons (Fsp3) is 0.241. The van der Waals surface area contributed by atoms with Gasteiger partial charge in [-0.15, -0.1) is 0 Å². The number of hydrogen-bond acceptors (Lipinski definition) is 4. The number of aromatic nitrogens is 2. The van der Waals surface area contributed by atoms with Gasteiger partial charge in [-0.2, -0.15) is 13.2 Å². The third kappa shape index (κ3) is 7.27. The van der Waals surface area contributed by atoms with Crippen molar-refractivity contribution in [2.24, 2.45) is 0 Å². The maximum atomic E-state index is 15.2. The molecule has 0 amide bonds. The summed E-state index contributed by atoms with van der Waals surface area (Å²) < 4.78 is 76.1. The predicted molar refractivity (Wildman–Crippen MR) is 134 cm³/mol. The Kier molecular flexibility index (Phi) is 8.55. The number of hydrogen-bond donors (Lipinski definition) is 0. The molecule has 9 heteroatoms. The molecule has 1 heterocycles. The van der Waals surface area contributed by atoms with Crippen LogP contribution in [0.3, 0.4) is 0 Å². The van der Waals surface area contributed by atoms with Crippen molar-refractivity contribution in [3.05, 3.63) is 108 Å². The van der Waals surface area contributed by atoms with Crippen LogP contribution in [0.4, 0.5) is 22.0 Å². The molecule has 0 radical (unpaired) electrons. The van der Waals surface area contributed by atoms with E-state index in [1.165, 1.54) is 6.07 Å². The van der Waals surface area contributed by atoms with Crippen LogP contribution in [-0.2, 0) is 25.7 Å². The van der Waals surface area contributed by atoms with Crippen LogP contribution in [0, 0.1) is 11.6 Å². The summed E-state index contributed by atoms with van der Waals surface area (Å²) in [6.07, 6.45) is 2.24. The van der Waals surface area contributed by atoms with Crippen LogP contribution in [-0.4, -0.2) is 29.4 Å². The molecule has 0 saturated heterocycles. The third-order valence-electron chi connectivity index (χ3n) is 5.86. The van der Waals surface area contributed by atoms with Gasteiger partial charge in [0, 0.05) is 11.8 Å². The fourth-order valence-corrected chi connectivity index (χ4v) is 3.95. The van der Waals surface area contributed by atoms with Crippen LogP contribution in [0.1, 0.15) is 22.5 Å². The highest BCUT2D eigenvalue weighted by molar-refractivity contribution is 5.84. The predicted octanol–water partition coefficient (Wildman–Crippen LogP) is 6.98. The van der Waals surface area contributed by atoms with E-state index in [1.807, 2.05) is 18.2 Å². The molecule has 38 heavy (non-hydrogen) atoms. The van der Waals surface area contributed by atoms with E-state index in [0.29, 0.717) is 60.4 Å². The van der Waals surface area contributed by atoms with Gasteiger partial charge in [-0.05, 0) is 53.5 Å². The van der Waals surface area contributed by atoms with Crippen LogP contribution < -0.4 is 9.47 Å². The van der Waals surface area contributed by atoms with Gasteiger partial charge in [0.25, 0.3) is 0 Å². The third-order valence-corrected chi connectivity index (χ3v) is 5.86. The minimum absolute atomic E-state index is 0.301. The number of benzene rings is 3. The maximum Gasteiger partial charge on any atom is 0.422 e. The minimum Gasteiger partial charge on any atom is -0.486 e. The van der Waals surface area contributed by atoms with Crippen molar-refractivity contribution >= 4 is 10.8 Å². The summed E-state index contributed by atoms with van der Waals surface area (Å²) in [4.78, 5) is 8.61. The lowest BCUT2D eigenvalue weighted by Gasteiger charge is -2.11. The number of aryl methyl sites for hydroxylation is 4. The highest BCUT2D eigenvalue weighted by Gasteiger charge is 2.29. The summed E-state index contributed by atoms with van der Waals surface area (Å²) >= 11 is 0. The van der Waals surface area contributed by atoms with Gasteiger partial charge in [0.15, 0.2) is 23.9 Å². The van der Waals surface area contributed by atoms with Gasteiger partial charge in [0.2, 0.25) is 0 Å². The van der Waals surface area contributed by atoms with Crippen molar-refractivity contribution in [1.82, 2.24) is 9.97 Å². The van der Waals surface area contributed by atoms with Crippen molar-refractivity contribution in [3.63, 3.8) is 0 Å². The van der Waals surface area contributed by atoms with E-state index in [9.17, 15) is 17.6 Å². The topological polar surface area (TPSA) is 44.2 Å². The van der Waals surface area contributed by atoms with Gasteiger partial charge < -0.3 is 9.47 Å². The minimum atomic E-state index is -4.55. The summed E-state index contributed by atoms with van der Waals surface area (Å²) in [5.74, 6) is -0.463. The van der Waals surface area contributed by atoms with Crippen molar-refractivity contribution in [1.29, 1.82) is 0 Å². The second kappa shape index (κ2) is 12.0. The Labute approximate surface area is 216 Å². The average Bonchev–Trinajstić information content (AvgIpc) is 2.90. The second-order valence-electron chi connectivity index (χ2n) is 8.70. The van der Waals surface area contributed by atoms with Crippen LogP contribution in [0.5, 0.6) is 11.5 Å². The molecule has 0 atom stereocenters. The Morgan fingerprint density at radius 1 is 0.816 bits per heavy atom. The van der Waals surface area contributed by atoms with Crippen molar-refractivity contribution in [3.8, 4) is 11.5 Å². The quantitative estimate of drug-likeness (QED) is 0.156. The molecular formula is C29H25F5N2O2. The summed E-state index contributed by atoms with van der Waals surface area (Å²) in [5.41, 5.74) is 2.01. The van der Waals surface area contributed by atoms with E-state index < -0.39 is 24.3 Å². The molecule has 0 fully saturated rings. The van der Waals surface area contributed by atoms with Gasteiger partial charge in [-0.25, -0.2) is 18.7 Å². The van der Waals surface area contributed by atoms with E-state index in [-0.39, 0.29) is 5.82 Å². The molecule has 0 spiro atoms. The first-order chi connectivity index (χ1) is 18.2. The molecule has 0 aliphatic carbocycles. The van der Waals surface area contributed by atoms with E-state index in [0.717, 1.165) is 23.1 Å². The van der Waals surface area contributed by atoms with Crippen molar-refractivity contribution in [2.75, 3.05) is 13.2 Å². The Morgan fingerprint density at radius 3 is 2.24 bits per heavy atom. The average molecular weight is 529 g/mol. The van der Waals surface area contributed by atoms with Gasteiger partial charge in [-0.1, -0.05) is 49.1 Å². The molecular weight excluding hydrogens is 503 g/mol. The zero-order chi connectivity index (χ0) is 27.1. The molecule has 1 aromatic heterocycles. The van der Waals surface area contributed by atoms with Gasteiger partial charge in [0.05, 0.1) is 12.4 Å². The Morgan fingerprint density at radius 2 is 1.53 bits per heavy atom. The lowest BCUT2D eigenvalue weighted by atomic mass is 9.98. The van der Waals surface area contributed by atoms with Gasteiger partial charge in [-0.3, -0.25) is 0 Å². The Bertz CT molecular complexity index is 1410. The van der Waals surface area contributed by atoms with Crippen LogP contribution >= 0.6 is 0 Å². The van der Waals surface area contributed by atoms with Crippen molar-refractivity contribution in [2.45, 2.75) is 31.9 Å². The number of alkyl halides is 3. The van der Waals surface area contributed by atoms with Gasteiger partial charge in [0.1, 0.15) is 18.2 Å². The van der Waals surface area contributed by atoms with E-state index in [2.05, 4.69) is 21.3 Å². The van der Waals surface area contributed by atoms with E-state index >= 15 is 4.39 Å². The normalized spacial score (nSPS) is 11.5. The summed E-state index contributed by atoms with van der Waals surface area (Å²) in [6.45, 7) is 2.41. The lowest BCUT2D eigenvalue weighted by Crippen LogP contribution is -2.19. The standard InChI is InChI=1S/C29H25F5N2O2/c1-2-13-37-23-16-35-27(36-17-23)12-6-19-4-10-24-22(14-19)9-8-21(28(24)31)7-3-20-5-11-26(25(30)15-20)38-18-29(32,33)34/h2,4-5,8-11,14-17H,1,3,6-7,12-13,18H2. The Balaban J connectivity index is 1.37. The molecule has 0 aliphatic rings.